The second kappa shape index (κ2) is 5.01. The summed E-state index contributed by atoms with van der Waals surface area (Å²) in [5, 5.41) is 14.2. The lowest BCUT2D eigenvalue weighted by molar-refractivity contribution is -0.120. The summed E-state index contributed by atoms with van der Waals surface area (Å²) in [5.41, 5.74) is 2.52. The quantitative estimate of drug-likeness (QED) is 0.883. The molecule has 1 atom stereocenters. The Morgan fingerprint density at radius 3 is 2.95 bits per heavy atom. The molecule has 0 bridgehead atoms. The Balaban J connectivity index is 1.71. The van der Waals surface area contributed by atoms with Crippen LogP contribution in [0.2, 0.25) is 5.02 Å². The first kappa shape index (κ1) is 12.2. The molecule has 0 saturated heterocycles. The molecule has 0 fully saturated rings. The second-order valence-corrected chi connectivity index (χ2v) is 5.03. The molecule has 5 nitrogen and oxygen atoms in total. The minimum absolute atomic E-state index is 0.0123. The molecule has 0 radical (unpaired) electrons. The second-order valence-electron chi connectivity index (χ2n) is 4.63. The van der Waals surface area contributed by atoms with Gasteiger partial charge in [-0.1, -0.05) is 23.7 Å². The van der Waals surface area contributed by atoms with Gasteiger partial charge in [0.25, 0.3) is 0 Å². The van der Waals surface area contributed by atoms with Crippen molar-refractivity contribution < 1.29 is 4.79 Å². The highest BCUT2D eigenvalue weighted by atomic mass is 35.5. The number of nitrogens with one attached hydrogen (secondary N) is 2. The summed E-state index contributed by atoms with van der Waals surface area (Å²) in [4.78, 5) is 12.2. The molecule has 6 heteroatoms. The normalized spacial score (nSPS) is 17.8. The van der Waals surface area contributed by atoms with Crippen LogP contribution in [0, 0.1) is 5.92 Å². The van der Waals surface area contributed by atoms with Crippen LogP contribution in [0.25, 0.3) is 0 Å². The molecule has 1 amide bonds. The zero-order chi connectivity index (χ0) is 13.2. The average molecular weight is 277 g/mol. The van der Waals surface area contributed by atoms with E-state index in [0.29, 0.717) is 17.1 Å². The molecule has 98 valence electrons. The number of aromatic nitrogens is 3. The van der Waals surface area contributed by atoms with Crippen molar-refractivity contribution in [2.24, 2.45) is 5.92 Å². The van der Waals surface area contributed by atoms with Gasteiger partial charge in [0.05, 0.1) is 22.1 Å². The van der Waals surface area contributed by atoms with Gasteiger partial charge in [-0.05, 0) is 25.0 Å². The van der Waals surface area contributed by atoms with Crippen LogP contribution in [0.5, 0.6) is 0 Å². The van der Waals surface area contributed by atoms with E-state index in [-0.39, 0.29) is 11.8 Å². The minimum atomic E-state index is -0.0751. The fourth-order valence-corrected chi connectivity index (χ4v) is 2.49. The van der Waals surface area contributed by atoms with Crippen LogP contribution in [-0.4, -0.2) is 21.3 Å². The predicted molar refractivity (Wildman–Crippen MR) is 72.0 cm³/mol. The van der Waals surface area contributed by atoms with E-state index in [2.05, 4.69) is 20.7 Å². The number of amides is 1. The van der Waals surface area contributed by atoms with Gasteiger partial charge in [0.1, 0.15) is 0 Å². The number of anilines is 1. The fraction of sp³-hybridized carbons (Fsp3) is 0.308. The van der Waals surface area contributed by atoms with E-state index in [4.69, 9.17) is 11.6 Å². The SMILES string of the molecule is O=C(Nc1ccccc1Cl)C1CCc2n[nH]nc2C1. The molecule has 1 aromatic heterocycles. The summed E-state index contributed by atoms with van der Waals surface area (Å²) in [6.45, 7) is 0. The van der Waals surface area contributed by atoms with Crippen LogP contribution in [0.4, 0.5) is 5.69 Å². The largest absolute Gasteiger partial charge is 0.325 e. The monoisotopic (exact) mass is 276 g/mol. The Morgan fingerprint density at radius 2 is 2.11 bits per heavy atom. The molecule has 1 aromatic carbocycles. The van der Waals surface area contributed by atoms with Crippen LogP contribution >= 0.6 is 11.6 Å². The number of H-pyrrole nitrogens is 1. The molecule has 1 aliphatic carbocycles. The molecule has 1 unspecified atom stereocenters. The number of hydrogen-bond acceptors (Lipinski definition) is 3. The van der Waals surface area contributed by atoms with Crippen LogP contribution in [0.3, 0.4) is 0 Å². The predicted octanol–water partition coefficient (Wildman–Crippen LogP) is 2.20. The third-order valence-corrected chi connectivity index (χ3v) is 3.70. The third-order valence-electron chi connectivity index (χ3n) is 3.37. The van der Waals surface area contributed by atoms with E-state index in [1.54, 1.807) is 12.1 Å². The molecule has 0 saturated carbocycles. The molecule has 0 aliphatic heterocycles. The standard InChI is InChI=1S/C13H13ClN4O/c14-9-3-1-2-4-10(9)15-13(19)8-5-6-11-12(7-8)17-18-16-11/h1-4,8H,5-7H2,(H,15,19)(H,16,17,18). The van der Waals surface area contributed by atoms with E-state index < -0.39 is 0 Å². The molecule has 1 heterocycles. The Hall–Kier alpha value is -1.88. The number of aromatic amines is 1. The van der Waals surface area contributed by atoms with E-state index >= 15 is 0 Å². The van der Waals surface area contributed by atoms with Crippen LogP contribution in [0.15, 0.2) is 24.3 Å². The van der Waals surface area contributed by atoms with E-state index in [9.17, 15) is 4.79 Å². The van der Waals surface area contributed by atoms with Crippen molar-refractivity contribution in [3.05, 3.63) is 40.7 Å². The maximum absolute atomic E-state index is 12.2. The van der Waals surface area contributed by atoms with Crippen molar-refractivity contribution in [1.29, 1.82) is 0 Å². The zero-order valence-corrected chi connectivity index (χ0v) is 10.9. The van der Waals surface area contributed by atoms with E-state index in [1.807, 2.05) is 12.1 Å². The number of hydrogen-bond donors (Lipinski definition) is 2. The highest BCUT2D eigenvalue weighted by Gasteiger charge is 2.27. The molecule has 19 heavy (non-hydrogen) atoms. The summed E-state index contributed by atoms with van der Waals surface area (Å²) < 4.78 is 0. The number of carbonyl (C=O) groups excluding carboxylic acids is 1. The smallest absolute Gasteiger partial charge is 0.227 e. The molecule has 1 aliphatic rings. The van der Waals surface area contributed by atoms with Gasteiger partial charge in [0.2, 0.25) is 5.91 Å². The first-order valence-electron chi connectivity index (χ1n) is 6.18. The van der Waals surface area contributed by atoms with Gasteiger partial charge in [-0.15, -0.1) is 0 Å². The highest BCUT2D eigenvalue weighted by Crippen LogP contribution is 2.25. The minimum Gasteiger partial charge on any atom is -0.325 e. The maximum atomic E-state index is 12.2. The van der Waals surface area contributed by atoms with Crippen LogP contribution in [0.1, 0.15) is 17.8 Å². The number of halogens is 1. The van der Waals surface area contributed by atoms with Crippen LogP contribution in [-0.2, 0) is 17.6 Å². The molecular formula is C13H13ClN4O. The van der Waals surface area contributed by atoms with Gasteiger partial charge in [-0.25, -0.2) is 0 Å². The van der Waals surface area contributed by atoms with Crippen molar-refractivity contribution in [2.45, 2.75) is 19.3 Å². The van der Waals surface area contributed by atoms with Crippen molar-refractivity contribution in [3.8, 4) is 0 Å². The van der Waals surface area contributed by atoms with Gasteiger partial charge < -0.3 is 5.32 Å². The van der Waals surface area contributed by atoms with Gasteiger partial charge in [0.15, 0.2) is 0 Å². The van der Waals surface area contributed by atoms with Crippen molar-refractivity contribution in [3.63, 3.8) is 0 Å². The maximum Gasteiger partial charge on any atom is 0.227 e. The van der Waals surface area contributed by atoms with Crippen molar-refractivity contribution in [2.75, 3.05) is 5.32 Å². The third kappa shape index (κ3) is 2.46. The lowest BCUT2D eigenvalue weighted by Crippen LogP contribution is -2.28. The lowest BCUT2D eigenvalue weighted by atomic mass is 9.89. The topological polar surface area (TPSA) is 70.7 Å². The van der Waals surface area contributed by atoms with Crippen LogP contribution < -0.4 is 5.32 Å². The summed E-state index contributed by atoms with van der Waals surface area (Å²) in [6, 6.07) is 7.23. The number of aryl methyl sites for hydroxylation is 1. The number of benzene rings is 1. The lowest BCUT2D eigenvalue weighted by Gasteiger charge is -2.19. The van der Waals surface area contributed by atoms with Gasteiger partial charge in [-0.2, -0.15) is 15.4 Å². The Labute approximate surface area is 115 Å². The molecule has 0 spiro atoms. The molecular weight excluding hydrogens is 264 g/mol. The fourth-order valence-electron chi connectivity index (χ4n) is 2.31. The van der Waals surface area contributed by atoms with Crippen molar-refractivity contribution >= 4 is 23.2 Å². The summed E-state index contributed by atoms with van der Waals surface area (Å²) >= 11 is 6.03. The number of nitrogens with zero attached hydrogens (tertiary/aromatic N) is 2. The summed E-state index contributed by atoms with van der Waals surface area (Å²) in [7, 11) is 0. The average Bonchev–Trinajstić information content (AvgIpc) is 2.88. The van der Waals surface area contributed by atoms with Crippen molar-refractivity contribution in [1.82, 2.24) is 15.4 Å². The number of fused-ring (bicyclic) bond motifs is 1. The van der Waals surface area contributed by atoms with Gasteiger partial charge in [-0.3, -0.25) is 4.79 Å². The van der Waals surface area contributed by atoms with E-state index in [1.165, 1.54) is 0 Å². The first-order chi connectivity index (χ1) is 9.24. The Kier molecular flexibility index (Phi) is 3.21. The first-order valence-corrected chi connectivity index (χ1v) is 6.56. The number of para-hydroxylation sites is 1. The van der Waals surface area contributed by atoms with E-state index in [0.717, 1.165) is 24.2 Å². The number of carbonyl (C=O) groups is 1. The molecule has 2 N–H and O–H groups in total. The number of rotatable bonds is 2. The molecule has 2 aromatic rings. The highest BCUT2D eigenvalue weighted by molar-refractivity contribution is 6.33. The van der Waals surface area contributed by atoms with Gasteiger partial charge in [0, 0.05) is 12.3 Å². The molecule has 3 rings (SSSR count). The van der Waals surface area contributed by atoms with Gasteiger partial charge >= 0.3 is 0 Å². The zero-order valence-electron chi connectivity index (χ0n) is 10.2. The summed E-state index contributed by atoms with van der Waals surface area (Å²) in [6.07, 6.45) is 2.20. The Morgan fingerprint density at radius 1 is 1.32 bits per heavy atom. The Bertz CT molecular complexity index is 610. The summed E-state index contributed by atoms with van der Waals surface area (Å²) in [5.74, 6) is -0.0874.